The highest BCUT2D eigenvalue weighted by Gasteiger charge is 2.26. The number of likely N-dealkylation sites (tertiary alicyclic amines) is 1. The van der Waals surface area contributed by atoms with Crippen molar-refractivity contribution in [2.45, 2.75) is 19.5 Å². The number of ether oxygens (including phenoxy) is 1. The van der Waals surface area contributed by atoms with Crippen LogP contribution in [0.25, 0.3) is 10.8 Å². The summed E-state index contributed by atoms with van der Waals surface area (Å²) in [5.74, 6) is 1.52. The standard InChI is InChI=1S/C17H22N2O.ClH/c1-12-9-19(11-16(12)18)10-13-7-8-17(20-2)15-6-4-3-5-14(13)15;/h3-8,12,16H,9-11,18H2,1-2H3;1H. The summed E-state index contributed by atoms with van der Waals surface area (Å²) in [5, 5.41) is 2.46. The molecular weight excluding hydrogens is 284 g/mol. The molecule has 1 saturated heterocycles. The first-order chi connectivity index (χ1) is 9.69. The molecule has 114 valence electrons. The summed E-state index contributed by atoms with van der Waals surface area (Å²) in [5.41, 5.74) is 7.47. The molecule has 1 aliphatic heterocycles. The number of fused-ring (bicyclic) bond motifs is 1. The molecule has 1 fully saturated rings. The zero-order chi connectivity index (χ0) is 14.1. The van der Waals surface area contributed by atoms with Crippen molar-refractivity contribution in [2.75, 3.05) is 20.2 Å². The Kier molecular flexibility index (Phi) is 5.09. The van der Waals surface area contributed by atoms with E-state index in [-0.39, 0.29) is 12.4 Å². The third kappa shape index (κ3) is 3.15. The SMILES string of the molecule is COc1ccc(CN2CC(C)C(N)C2)c2ccccc12.Cl. The lowest BCUT2D eigenvalue weighted by molar-refractivity contribution is 0.320. The van der Waals surface area contributed by atoms with E-state index in [0.29, 0.717) is 12.0 Å². The lowest BCUT2D eigenvalue weighted by Crippen LogP contribution is -2.28. The second-order valence-corrected chi connectivity index (χ2v) is 5.81. The average molecular weight is 307 g/mol. The van der Waals surface area contributed by atoms with Gasteiger partial charge < -0.3 is 10.5 Å². The molecule has 0 aromatic heterocycles. The number of hydrogen-bond donors (Lipinski definition) is 1. The minimum Gasteiger partial charge on any atom is -0.496 e. The van der Waals surface area contributed by atoms with E-state index in [1.54, 1.807) is 7.11 Å². The fraction of sp³-hybridized carbons (Fsp3) is 0.412. The maximum Gasteiger partial charge on any atom is 0.126 e. The quantitative estimate of drug-likeness (QED) is 0.947. The van der Waals surface area contributed by atoms with Crippen molar-refractivity contribution >= 4 is 23.2 Å². The molecule has 2 aromatic carbocycles. The summed E-state index contributed by atoms with van der Waals surface area (Å²) < 4.78 is 5.45. The van der Waals surface area contributed by atoms with Gasteiger partial charge in [-0.25, -0.2) is 0 Å². The van der Waals surface area contributed by atoms with E-state index >= 15 is 0 Å². The van der Waals surface area contributed by atoms with Gasteiger partial charge in [-0.15, -0.1) is 12.4 Å². The molecule has 0 bridgehead atoms. The molecule has 0 saturated carbocycles. The fourth-order valence-electron chi connectivity index (χ4n) is 3.11. The van der Waals surface area contributed by atoms with Crippen molar-refractivity contribution in [3.8, 4) is 5.75 Å². The third-order valence-electron chi connectivity index (χ3n) is 4.33. The molecule has 2 unspecified atom stereocenters. The van der Waals surface area contributed by atoms with Crippen molar-refractivity contribution in [2.24, 2.45) is 11.7 Å². The average Bonchev–Trinajstić information content (AvgIpc) is 2.78. The Morgan fingerprint density at radius 1 is 1.14 bits per heavy atom. The van der Waals surface area contributed by atoms with E-state index < -0.39 is 0 Å². The van der Waals surface area contributed by atoms with Gasteiger partial charge in [-0.3, -0.25) is 4.90 Å². The van der Waals surface area contributed by atoms with Gasteiger partial charge in [-0.05, 0) is 22.9 Å². The summed E-state index contributed by atoms with van der Waals surface area (Å²) in [4.78, 5) is 2.45. The minimum atomic E-state index is 0. The van der Waals surface area contributed by atoms with E-state index in [2.05, 4.69) is 48.2 Å². The number of halogens is 1. The second-order valence-electron chi connectivity index (χ2n) is 5.81. The Morgan fingerprint density at radius 3 is 2.48 bits per heavy atom. The third-order valence-corrected chi connectivity index (χ3v) is 4.33. The first-order valence-corrected chi connectivity index (χ1v) is 7.21. The van der Waals surface area contributed by atoms with Gasteiger partial charge in [0.05, 0.1) is 7.11 Å². The number of hydrogen-bond acceptors (Lipinski definition) is 3. The van der Waals surface area contributed by atoms with E-state index in [1.807, 2.05) is 0 Å². The fourth-order valence-corrected chi connectivity index (χ4v) is 3.11. The second kappa shape index (κ2) is 6.65. The van der Waals surface area contributed by atoms with Gasteiger partial charge in [0, 0.05) is 31.1 Å². The monoisotopic (exact) mass is 306 g/mol. The van der Waals surface area contributed by atoms with E-state index in [0.717, 1.165) is 25.4 Å². The van der Waals surface area contributed by atoms with Crippen molar-refractivity contribution in [1.29, 1.82) is 0 Å². The molecule has 2 N–H and O–H groups in total. The molecule has 1 heterocycles. The smallest absolute Gasteiger partial charge is 0.126 e. The zero-order valence-corrected chi connectivity index (χ0v) is 13.4. The van der Waals surface area contributed by atoms with Crippen molar-refractivity contribution in [3.05, 3.63) is 42.0 Å². The van der Waals surface area contributed by atoms with Gasteiger partial charge in [0.1, 0.15) is 5.75 Å². The predicted octanol–water partition coefficient (Wildman–Crippen LogP) is 3.05. The summed E-state index contributed by atoms with van der Waals surface area (Å²) in [7, 11) is 1.72. The predicted molar refractivity (Wildman–Crippen MR) is 90.2 cm³/mol. The van der Waals surface area contributed by atoms with Crippen molar-refractivity contribution in [1.82, 2.24) is 4.90 Å². The molecule has 0 spiro atoms. The molecule has 0 aliphatic carbocycles. The number of rotatable bonds is 3. The molecule has 21 heavy (non-hydrogen) atoms. The molecule has 1 aliphatic rings. The van der Waals surface area contributed by atoms with Gasteiger partial charge in [-0.1, -0.05) is 37.3 Å². The summed E-state index contributed by atoms with van der Waals surface area (Å²) >= 11 is 0. The Balaban J connectivity index is 0.00000161. The lowest BCUT2D eigenvalue weighted by atomic mass is 10.0. The molecule has 2 atom stereocenters. The molecule has 0 amide bonds. The summed E-state index contributed by atoms with van der Waals surface area (Å²) in [6.45, 7) is 5.27. The normalized spacial score (nSPS) is 22.2. The van der Waals surface area contributed by atoms with Crippen LogP contribution >= 0.6 is 12.4 Å². The van der Waals surface area contributed by atoms with E-state index in [9.17, 15) is 0 Å². The van der Waals surface area contributed by atoms with Crippen LogP contribution in [0.3, 0.4) is 0 Å². The van der Waals surface area contributed by atoms with E-state index in [1.165, 1.54) is 16.3 Å². The lowest BCUT2D eigenvalue weighted by Gasteiger charge is -2.17. The van der Waals surface area contributed by atoms with E-state index in [4.69, 9.17) is 10.5 Å². The molecule has 4 heteroatoms. The zero-order valence-electron chi connectivity index (χ0n) is 12.6. The highest BCUT2D eigenvalue weighted by Crippen LogP contribution is 2.29. The minimum absolute atomic E-state index is 0. The van der Waals surface area contributed by atoms with Crippen LogP contribution in [0, 0.1) is 5.92 Å². The Bertz CT molecular complexity index is 607. The van der Waals surface area contributed by atoms with Crippen LogP contribution in [-0.2, 0) is 6.54 Å². The topological polar surface area (TPSA) is 38.5 Å². The van der Waals surface area contributed by atoms with Gasteiger partial charge in [0.2, 0.25) is 0 Å². The Morgan fingerprint density at radius 2 is 1.86 bits per heavy atom. The van der Waals surface area contributed by atoms with Gasteiger partial charge in [0.15, 0.2) is 0 Å². The molecule has 0 radical (unpaired) electrons. The number of benzene rings is 2. The van der Waals surface area contributed by atoms with Gasteiger partial charge >= 0.3 is 0 Å². The van der Waals surface area contributed by atoms with Crippen LogP contribution in [0.1, 0.15) is 12.5 Å². The maximum atomic E-state index is 6.12. The summed E-state index contributed by atoms with van der Waals surface area (Å²) in [6.07, 6.45) is 0. The van der Waals surface area contributed by atoms with Gasteiger partial charge in [-0.2, -0.15) is 0 Å². The maximum absolute atomic E-state index is 6.12. The van der Waals surface area contributed by atoms with Gasteiger partial charge in [0.25, 0.3) is 0 Å². The number of nitrogens with two attached hydrogens (primary N) is 1. The van der Waals surface area contributed by atoms with Crippen molar-refractivity contribution in [3.63, 3.8) is 0 Å². The van der Waals surface area contributed by atoms with Crippen LogP contribution in [0.2, 0.25) is 0 Å². The van der Waals surface area contributed by atoms with Crippen molar-refractivity contribution < 1.29 is 4.74 Å². The highest BCUT2D eigenvalue weighted by molar-refractivity contribution is 5.91. The Hall–Kier alpha value is -1.29. The van der Waals surface area contributed by atoms with Crippen LogP contribution in [0.4, 0.5) is 0 Å². The summed E-state index contributed by atoms with van der Waals surface area (Å²) in [6, 6.07) is 13.0. The van der Waals surface area contributed by atoms with Crippen LogP contribution < -0.4 is 10.5 Å². The van der Waals surface area contributed by atoms with Crippen LogP contribution in [0.15, 0.2) is 36.4 Å². The first kappa shape index (κ1) is 16.1. The highest BCUT2D eigenvalue weighted by atomic mass is 35.5. The Labute approximate surface area is 132 Å². The molecule has 2 aromatic rings. The molecule has 3 rings (SSSR count). The number of methoxy groups -OCH3 is 1. The first-order valence-electron chi connectivity index (χ1n) is 7.21. The molecular formula is C17H23ClN2O. The molecule has 3 nitrogen and oxygen atoms in total. The van der Waals surface area contributed by atoms with Crippen LogP contribution in [-0.4, -0.2) is 31.1 Å². The van der Waals surface area contributed by atoms with Crippen LogP contribution in [0.5, 0.6) is 5.75 Å². The number of nitrogens with zero attached hydrogens (tertiary/aromatic N) is 1. The largest absolute Gasteiger partial charge is 0.496 e.